The van der Waals surface area contributed by atoms with Crippen molar-refractivity contribution in [3.63, 3.8) is 0 Å². The zero-order chi connectivity index (χ0) is 30.1. The summed E-state index contributed by atoms with van der Waals surface area (Å²) in [6.07, 6.45) is 1.66. The number of unbranched alkanes of at least 4 members (excludes halogenated alkanes) is 1. The summed E-state index contributed by atoms with van der Waals surface area (Å²) in [5.74, 6) is -0.425. The van der Waals surface area contributed by atoms with Crippen LogP contribution in [0.15, 0.2) is 84.0 Å². The number of hydrogen-bond acceptors (Lipinski definition) is 5. The average molecular weight is 569 g/mol. The van der Waals surface area contributed by atoms with Crippen LogP contribution in [-0.4, -0.2) is 52.0 Å². The lowest BCUT2D eigenvalue weighted by Gasteiger charge is -2.40. The Kier molecular flexibility index (Phi) is 10.1. The van der Waals surface area contributed by atoms with Gasteiger partial charge in [0.25, 0.3) is 11.8 Å². The molecular weight excluding hydrogens is 528 g/mol. The molecule has 0 spiro atoms. The summed E-state index contributed by atoms with van der Waals surface area (Å²) >= 11 is 0. The lowest BCUT2D eigenvalue weighted by atomic mass is 9.90. The van der Waals surface area contributed by atoms with Crippen LogP contribution in [0.3, 0.4) is 0 Å². The van der Waals surface area contributed by atoms with Crippen LogP contribution in [-0.2, 0) is 22.8 Å². The fourth-order valence-corrected chi connectivity index (χ4v) is 5.32. The monoisotopic (exact) mass is 568 g/mol. The van der Waals surface area contributed by atoms with Crippen molar-refractivity contribution in [3.8, 4) is 0 Å². The van der Waals surface area contributed by atoms with Crippen LogP contribution in [0.4, 0.5) is 0 Å². The molecule has 0 saturated carbocycles. The second-order valence-electron chi connectivity index (χ2n) is 10.9. The van der Waals surface area contributed by atoms with Gasteiger partial charge in [0.15, 0.2) is 0 Å². The lowest BCUT2D eigenvalue weighted by molar-refractivity contribution is -0.142. The van der Waals surface area contributed by atoms with Crippen LogP contribution >= 0.6 is 0 Å². The number of nitrogens with zero attached hydrogens (tertiary/aromatic N) is 3. The summed E-state index contributed by atoms with van der Waals surface area (Å²) in [6, 6.07) is 24.6. The Hall–Kier alpha value is -4.46. The molecule has 3 aromatic carbocycles. The zero-order valence-corrected chi connectivity index (χ0v) is 24.9. The van der Waals surface area contributed by atoms with E-state index in [9.17, 15) is 14.4 Å². The summed E-state index contributed by atoms with van der Waals surface area (Å²) in [5, 5.41) is 7.37. The highest BCUT2D eigenvalue weighted by Crippen LogP contribution is 2.34. The molecule has 0 aromatic heterocycles. The number of amidine groups is 1. The van der Waals surface area contributed by atoms with E-state index in [4.69, 9.17) is 4.84 Å². The first-order valence-corrected chi connectivity index (χ1v) is 14.5. The first-order valence-electron chi connectivity index (χ1n) is 14.5. The maximum absolute atomic E-state index is 14.3. The number of carbonyl (C=O) groups is 3. The smallest absolute Gasteiger partial charge is 0.262 e. The molecule has 8 heteroatoms. The molecule has 42 heavy (non-hydrogen) atoms. The number of rotatable bonds is 13. The molecule has 1 N–H and O–H groups in total. The fraction of sp³-hybridized carbons (Fsp3) is 0.353. The van der Waals surface area contributed by atoms with Gasteiger partial charge in [-0.1, -0.05) is 77.4 Å². The number of aryl methyl sites for hydroxylation is 1. The molecule has 1 atom stereocenters. The van der Waals surface area contributed by atoms with Crippen molar-refractivity contribution in [2.75, 3.05) is 13.1 Å². The molecule has 4 rings (SSSR count). The SMILES string of the molecule is CCN(Cc1cccc(C)c1)C(=O)C(C)(CCCCNC(C)=NOCc1ccccc1)N1C(=O)c2ccccc2C1=O. The first-order chi connectivity index (χ1) is 20.2. The molecule has 3 aromatic rings. The average Bonchev–Trinajstić information content (AvgIpc) is 3.25. The number of amides is 3. The Morgan fingerprint density at radius 1 is 0.929 bits per heavy atom. The molecule has 220 valence electrons. The molecule has 0 saturated heterocycles. The number of benzene rings is 3. The van der Waals surface area contributed by atoms with Gasteiger partial charge in [0.1, 0.15) is 18.0 Å². The van der Waals surface area contributed by atoms with Gasteiger partial charge >= 0.3 is 0 Å². The molecule has 1 unspecified atom stereocenters. The summed E-state index contributed by atoms with van der Waals surface area (Å²) in [4.78, 5) is 49.7. The van der Waals surface area contributed by atoms with Crippen molar-refractivity contribution >= 4 is 23.6 Å². The Morgan fingerprint density at radius 3 is 2.21 bits per heavy atom. The van der Waals surface area contributed by atoms with E-state index in [2.05, 4.69) is 16.5 Å². The number of nitrogens with one attached hydrogen (secondary N) is 1. The molecule has 1 aliphatic heterocycles. The Labute approximate surface area is 248 Å². The van der Waals surface area contributed by atoms with E-state index in [1.54, 1.807) is 36.1 Å². The first kappa shape index (κ1) is 30.5. The number of carbonyl (C=O) groups excluding carboxylic acids is 3. The highest BCUT2D eigenvalue weighted by molar-refractivity contribution is 6.23. The predicted molar refractivity (Wildman–Crippen MR) is 164 cm³/mol. The number of hydrogen-bond donors (Lipinski definition) is 1. The van der Waals surface area contributed by atoms with Crippen molar-refractivity contribution in [1.29, 1.82) is 0 Å². The molecular formula is C34H40N4O4. The number of fused-ring (bicyclic) bond motifs is 1. The van der Waals surface area contributed by atoms with Crippen molar-refractivity contribution in [1.82, 2.24) is 15.1 Å². The number of oxime groups is 1. The quantitative estimate of drug-likeness (QED) is 0.0938. The van der Waals surface area contributed by atoms with Gasteiger partial charge in [-0.05, 0) is 70.2 Å². The Balaban J connectivity index is 1.44. The third-order valence-corrected chi connectivity index (χ3v) is 7.62. The topological polar surface area (TPSA) is 91.3 Å². The van der Waals surface area contributed by atoms with E-state index in [-0.39, 0.29) is 5.91 Å². The van der Waals surface area contributed by atoms with E-state index >= 15 is 0 Å². The summed E-state index contributed by atoms with van der Waals surface area (Å²) < 4.78 is 0. The van der Waals surface area contributed by atoms with E-state index in [0.717, 1.165) is 16.7 Å². The highest BCUT2D eigenvalue weighted by atomic mass is 16.6. The van der Waals surface area contributed by atoms with Gasteiger partial charge in [0, 0.05) is 19.6 Å². The van der Waals surface area contributed by atoms with Gasteiger partial charge in [-0.15, -0.1) is 0 Å². The molecule has 8 nitrogen and oxygen atoms in total. The van der Waals surface area contributed by atoms with Crippen molar-refractivity contribution in [2.45, 2.75) is 65.6 Å². The fourth-order valence-electron chi connectivity index (χ4n) is 5.32. The van der Waals surface area contributed by atoms with Crippen LogP contribution < -0.4 is 5.32 Å². The summed E-state index contributed by atoms with van der Waals surface area (Å²) in [6.45, 7) is 9.34. The van der Waals surface area contributed by atoms with Gasteiger partial charge < -0.3 is 15.1 Å². The maximum atomic E-state index is 14.3. The van der Waals surface area contributed by atoms with E-state index in [0.29, 0.717) is 62.5 Å². The van der Waals surface area contributed by atoms with Gasteiger partial charge in [0.2, 0.25) is 5.91 Å². The zero-order valence-electron chi connectivity index (χ0n) is 24.9. The van der Waals surface area contributed by atoms with Gasteiger partial charge in [-0.25, -0.2) is 0 Å². The minimum absolute atomic E-state index is 0.235. The molecule has 0 fully saturated rings. The number of imide groups is 1. The summed E-state index contributed by atoms with van der Waals surface area (Å²) in [7, 11) is 0. The minimum Gasteiger partial charge on any atom is -0.390 e. The summed E-state index contributed by atoms with van der Waals surface area (Å²) in [5.41, 5.74) is 2.49. The van der Waals surface area contributed by atoms with E-state index in [1.165, 1.54) is 4.90 Å². The third-order valence-electron chi connectivity index (χ3n) is 7.62. The van der Waals surface area contributed by atoms with Crippen LogP contribution in [0.1, 0.15) is 77.4 Å². The molecule has 0 bridgehead atoms. The lowest BCUT2D eigenvalue weighted by Crippen LogP contribution is -2.59. The van der Waals surface area contributed by atoms with Gasteiger partial charge in [-0.2, -0.15) is 0 Å². The molecule has 0 aliphatic carbocycles. The van der Waals surface area contributed by atoms with Gasteiger partial charge in [-0.3, -0.25) is 19.3 Å². The molecule has 1 aliphatic rings. The second-order valence-corrected chi connectivity index (χ2v) is 10.9. The minimum atomic E-state index is -1.34. The van der Waals surface area contributed by atoms with Crippen molar-refractivity contribution in [3.05, 3.63) is 107 Å². The van der Waals surface area contributed by atoms with Crippen LogP contribution in [0, 0.1) is 6.92 Å². The standard InChI is InChI=1S/C34H40N4O4/c1-5-37(23-28-17-13-14-25(2)22-28)33(41)34(4,38-31(39)29-18-9-10-19-30(29)32(38)40)20-11-12-21-35-26(3)36-42-24-27-15-7-6-8-16-27/h6-10,13-19,22H,5,11-12,20-21,23-24H2,1-4H3,(H,35,36). The predicted octanol–water partition coefficient (Wildman–Crippen LogP) is 5.71. The van der Waals surface area contributed by atoms with Crippen molar-refractivity contribution < 1.29 is 19.2 Å². The van der Waals surface area contributed by atoms with Crippen LogP contribution in [0.5, 0.6) is 0 Å². The molecule has 3 amide bonds. The Morgan fingerprint density at radius 2 is 1.57 bits per heavy atom. The maximum Gasteiger partial charge on any atom is 0.262 e. The van der Waals surface area contributed by atoms with Crippen LogP contribution in [0.25, 0.3) is 0 Å². The van der Waals surface area contributed by atoms with Crippen molar-refractivity contribution in [2.24, 2.45) is 5.16 Å². The van der Waals surface area contributed by atoms with E-state index in [1.807, 2.05) is 69.3 Å². The second kappa shape index (κ2) is 13.9. The number of likely N-dealkylation sites (N-methyl/N-ethyl adjacent to an activating group) is 1. The normalized spacial score (nSPS) is 14.4. The van der Waals surface area contributed by atoms with Gasteiger partial charge in [0.05, 0.1) is 11.1 Å². The largest absolute Gasteiger partial charge is 0.390 e. The third kappa shape index (κ3) is 7.05. The highest BCUT2D eigenvalue weighted by Gasteiger charge is 2.51. The van der Waals surface area contributed by atoms with E-state index < -0.39 is 17.4 Å². The van der Waals surface area contributed by atoms with Crippen LogP contribution in [0.2, 0.25) is 0 Å². The molecule has 1 heterocycles. The Bertz CT molecular complexity index is 1400. The molecule has 0 radical (unpaired) electrons.